The molecule has 0 bridgehead atoms. The van der Waals surface area contributed by atoms with Crippen LogP contribution in [-0.4, -0.2) is 22.0 Å². The van der Waals surface area contributed by atoms with E-state index in [1.54, 1.807) is 23.6 Å². The average molecular weight is 362 g/mol. The molecule has 26 heavy (non-hydrogen) atoms. The SMILES string of the molecule is CCOC(=O)c1nc2c(-c3cc(F)cc(F)c3F)cccn2c1C(C)C. The third-order valence-electron chi connectivity index (χ3n) is 3.99. The molecular formula is C19H17F3N2O2. The van der Waals surface area contributed by atoms with Crippen molar-refractivity contribution < 1.29 is 22.7 Å². The first kappa shape index (κ1) is 18.0. The lowest BCUT2D eigenvalue weighted by molar-refractivity contribution is 0.0518. The van der Waals surface area contributed by atoms with Crippen molar-refractivity contribution in [2.24, 2.45) is 0 Å². The van der Waals surface area contributed by atoms with E-state index in [-0.39, 0.29) is 35.0 Å². The van der Waals surface area contributed by atoms with Gasteiger partial charge >= 0.3 is 5.97 Å². The minimum absolute atomic E-state index is 0.0891. The predicted molar refractivity (Wildman–Crippen MR) is 90.5 cm³/mol. The van der Waals surface area contributed by atoms with E-state index in [4.69, 9.17) is 4.74 Å². The van der Waals surface area contributed by atoms with Crippen LogP contribution in [0.5, 0.6) is 0 Å². The summed E-state index contributed by atoms with van der Waals surface area (Å²) < 4.78 is 48.2. The monoisotopic (exact) mass is 362 g/mol. The van der Waals surface area contributed by atoms with Crippen LogP contribution in [0.3, 0.4) is 0 Å². The summed E-state index contributed by atoms with van der Waals surface area (Å²) in [5.74, 6) is -4.05. The molecule has 4 nitrogen and oxygen atoms in total. The number of aromatic nitrogens is 2. The van der Waals surface area contributed by atoms with Crippen LogP contribution in [0.25, 0.3) is 16.8 Å². The first-order chi connectivity index (χ1) is 12.3. The molecule has 0 amide bonds. The van der Waals surface area contributed by atoms with Crippen molar-refractivity contribution in [3.63, 3.8) is 0 Å². The third-order valence-corrected chi connectivity index (χ3v) is 3.99. The topological polar surface area (TPSA) is 43.6 Å². The fourth-order valence-corrected chi connectivity index (χ4v) is 2.95. The Kier molecular flexibility index (Phi) is 4.71. The molecule has 0 saturated carbocycles. The maximum absolute atomic E-state index is 14.3. The summed E-state index contributed by atoms with van der Waals surface area (Å²) in [5.41, 5.74) is 0.831. The predicted octanol–water partition coefficient (Wildman–Crippen LogP) is 4.72. The molecule has 2 heterocycles. The zero-order valence-electron chi connectivity index (χ0n) is 14.5. The lowest BCUT2D eigenvalue weighted by Gasteiger charge is -2.10. The van der Waals surface area contributed by atoms with Crippen molar-refractivity contribution in [1.29, 1.82) is 0 Å². The van der Waals surface area contributed by atoms with Crippen LogP contribution in [0, 0.1) is 17.5 Å². The molecular weight excluding hydrogens is 345 g/mol. The average Bonchev–Trinajstić information content (AvgIpc) is 2.98. The Morgan fingerprint density at radius 1 is 1.23 bits per heavy atom. The second-order valence-corrected chi connectivity index (χ2v) is 6.09. The summed E-state index contributed by atoms with van der Waals surface area (Å²) in [5, 5.41) is 0. The van der Waals surface area contributed by atoms with Gasteiger partial charge in [-0.2, -0.15) is 0 Å². The number of hydrogen-bond donors (Lipinski definition) is 0. The zero-order valence-corrected chi connectivity index (χ0v) is 14.5. The molecule has 0 aliphatic carbocycles. The molecule has 2 aromatic heterocycles. The number of halogens is 3. The molecule has 0 atom stereocenters. The molecule has 7 heteroatoms. The third kappa shape index (κ3) is 2.94. The molecule has 0 fully saturated rings. The van der Waals surface area contributed by atoms with Gasteiger partial charge in [0.2, 0.25) is 0 Å². The molecule has 136 valence electrons. The Bertz CT molecular complexity index is 996. The van der Waals surface area contributed by atoms with Gasteiger partial charge < -0.3 is 9.14 Å². The van der Waals surface area contributed by atoms with Gasteiger partial charge in [-0.25, -0.2) is 22.9 Å². The van der Waals surface area contributed by atoms with Crippen LogP contribution in [0.1, 0.15) is 42.9 Å². The number of hydrogen-bond acceptors (Lipinski definition) is 3. The Morgan fingerprint density at radius 2 is 1.96 bits per heavy atom. The van der Waals surface area contributed by atoms with Crippen LogP contribution in [0.15, 0.2) is 30.5 Å². The summed E-state index contributed by atoms with van der Waals surface area (Å²) in [4.78, 5) is 16.6. The molecule has 0 aliphatic heterocycles. The minimum atomic E-state index is -1.29. The number of carbonyl (C=O) groups is 1. The number of imidazole rings is 1. The van der Waals surface area contributed by atoms with E-state index in [0.29, 0.717) is 11.8 Å². The maximum Gasteiger partial charge on any atom is 0.358 e. The van der Waals surface area contributed by atoms with Crippen molar-refractivity contribution >= 4 is 11.6 Å². The molecule has 0 saturated heterocycles. The number of fused-ring (bicyclic) bond motifs is 1. The van der Waals surface area contributed by atoms with E-state index in [0.717, 1.165) is 6.07 Å². The van der Waals surface area contributed by atoms with Crippen LogP contribution in [0.2, 0.25) is 0 Å². The summed E-state index contributed by atoms with van der Waals surface area (Å²) in [7, 11) is 0. The summed E-state index contributed by atoms with van der Waals surface area (Å²) in [6.45, 7) is 5.61. The van der Waals surface area contributed by atoms with Gasteiger partial charge in [-0.3, -0.25) is 0 Å². The molecule has 0 radical (unpaired) electrons. The van der Waals surface area contributed by atoms with Crippen LogP contribution >= 0.6 is 0 Å². The van der Waals surface area contributed by atoms with Crippen LogP contribution < -0.4 is 0 Å². The van der Waals surface area contributed by atoms with E-state index < -0.39 is 23.4 Å². The fraction of sp³-hybridized carbons (Fsp3) is 0.263. The van der Waals surface area contributed by atoms with Gasteiger partial charge in [0, 0.05) is 23.4 Å². The van der Waals surface area contributed by atoms with Crippen molar-refractivity contribution in [2.45, 2.75) is 26.7 Å². The van der Waals surface area contributed by atoms with Crippen LogP contribution in [0.4, 0.5) is 13.2 Å². The molecule has 1 aromatic carbocycles. The highest BCUT2D eigenvalue weighted by molar-refractivity contribution is 5.91. The molecule has 0 unspecified atom stereocenters. The number of ether oxygens (including phenoxy) is 1. The maximum atomic E-state index is 14.3. The van der Waals surface area contributed by atoms with Gasteiger partial charge in [-0.15, -0.1) is 0 Å². The number of benzene rings is 1. The normalized spacial score (nSPS) is 11.3. The van der Waals surface area contributed by atoms with Gasteiger partial charge in [-0.05, 0) is 31.0 Å². The van der Waals surface area contributed by atoms with Crippen LogP contribution in [-0.2, 0) is 4.74 Å². The Morgan fingerprint density at radius 3 is 2.62 bits per heavy atom. The lowest BCUT2D eigenvalue weighted by atomic mass is 10.1. The van der Waals surface area contributed by atoms with Gasteiger partial charge in [0.1, 0.15) is 11.5 Å². The first-order valence-electron chi connectivity index (χ1n) is 8.18. The highest BCUT2D eigenvalue weighted by Gasteiger charge is 2.25. The van der Waals surface area contributed by atoms with Gasteiger partial charge in [0.15, 0.2) is 17.3 Å². The van der Waals surface area contributed by atoms with E-state index in [2.05, 4.69) is 4.98 Å². The quantitative estimate of drug-likeness (QED) is 0.498. The minimum Gasteiger partial charge on any atom is -0.461 e. The number of rotatable bonds is 4. The molecule has 3 rings (SSSR count). The Balaban J connectivity index is 2.33. The molecule has 3 aromatic rings. The second kappa shape index (κ2) is 6.82. The summed E-state index contributed by atoms with van der Waals surface area (Å²) in [6.07, 6.45) is 1.66. The second-order valence-electron chi connectivity index (χ2n) is 6.09. The smallest absolute Gasteiger partial charge is 0.358 e. The van der Waals surface area contributed by atoms with Crippen molar-refractivity contribution in [1.82, 2.24) is 9.38 Å². The molecule has 0 N–H and O–H groups in total. The molecule has 0 spiro atoms. The first-order valence-corrected chi connectivity index (χ1v) is 8.18. The van der Waals surface area contributed by atoms with Gasteiger partial charge in [-0.1, -0.05) is 13.8 Å². The number of pyridine rings is 1. The van der Waals surface area contributed by atoms with Crippen molar-refractivity contribution in [2.75, 3.05) is 6.61 Å². The number of nitrogens with zero attached hydrogens (tertiary/aromatic N) is 2. The highest BCUT2D eigenvalue weighted by atomic mass is 19.2. The van der Waals surface area contributed by atoms with E-state index in [1.165, 1.54) is 6.07 Å². The largest absolute Gasteiger partial charge is 0.461 e. The zero-order chi connectivity index (χ0) is 19.0. The standard InChI is InChI=1S/C19H17F3N2O2/c1-4-26-19(25)16-17(10(2)3)24-7-5-6-12(18(24)23-16)13-8-11(20)9-14(21)15(13)22/h5-10H,4H2,1-3H3. The lowest BCUT2D eigenvalue weighted by Crippen LogP contribution is -2.09. The Hall–Kier alpha value is -2.83. The van der Waals surface area contributed by atoms with Crippen molar-refractivity contribution in [3.8, 4) is 11.1 Å². The van der Waals surface area contributed by atoms with E-state index >= 15 is 0 Å². The number of carbonyl (C=O) groups excluding carboxylic acids is 1. The molecule has 0 aliphatic rings. The van der Waals surface area contributed by atoms with E-state index in [9.17, 15) is 18.0 Å². The van der Waals surface area contributed by atoms with E-state index in [1.807, 2.05) is 13.8 Å². The van der Waals surface area contributed by atoms with Crippen molar-refractivity contribution in [3.05, 3.63) is 59.3 Å². The highest BCUT2D eigenvalue weighted by Crippen LogP contribution is 2.32. The number of esters is 1. The Labute approximate surface area is 148 Å². The van der Waals surface area contributed by atoms with Gasteiger partial charge in [0.05, 0.1) is 12.3 Å². The summed E-state index contributed by atoms with van der Waals surface area (Å²) >= 11 is 0. The summed E-state index contributed by atoms with van der Waals surface area (Å²) in [6, 6.07) is 4.49. The van der Waals surface area contributed by atoms with Gasteiger partial charge in [0.25, 0.3) is 0 Å². The fourth-order valence-electron chi connectivity index (χ4n) is 2.95.